The van der Waals surface area contributed by atoms with Crippen LogP contribution in [0, 0.1) is 0 Å². The number of allylic oxidation sites excluding steroid dienone is 1. The molecule has 2 aromatic rings. The van der Waals surface area contributed by atoms with Gasteiger partial charge >= 0.3 is 0 Å². The molecule has 0 spiro atoms. The van der Waals surface area contributed by atoms with Gasteiger partial charge < -0.3 is 14.6 Å². The first-order valence-electron chi connectivity index (χ1n) is 6.87. The number of hydrogen-bond acceptors (Lipinski definition) is 5. The van der Waals surface area contributed by atoms with Crippen molar-refractivity contribution >= 4 is 29.6 Å². The number of aliphatic carboxylic acids is 1. The lowest BCUT2D eigenvalue weighted by atomic mass is 10.1. The number of rotatable bonds is 7. The molecule has 0 heterocycles. The standard InChI is InChI=1S/C18H16O4S/c1-23-16-8-5-13(6-9-16)7-10-17(19)14-3-2-4-15(11-14)22-12-18(20)21/h2-11H,12H2,1H3,(H,20,21)/p-1/b10-7+. The van der Waals surface area contributed by atoms with E-state index >= 15 is 0 Å². The fourth-order valence-electron chi connectivity index (χ4n) is 1.86. The van der Waals surface area contributed by atoms with Gasteiger partial charge in [-0.2, -0.15) is 0 Å². The van der Waals surface area contributed by atoms with Crippen molar-refractivity contribution < 1.29 is 19.4 Å². The maximum absolute atomic E-state index is 12.2. The molecule has 0 amide bonds. The van der Waals surface area contributed by atoms with E-state index in [1.807, 2.05) is 30.5 Å². The number of ketones is 1. The predicted octanol–water partition coefficient (Wildman–Crippen LogP) is 2.43. The van der Waals surface area contributed by atoms with Crippen molar-refractivity contribution in [3.8, 4) is 5.75 Å². The summed E-state index contributed by atoms with van der Waals surface area (Å²) < 4.78 is 5.01. The van der Waals surface area contributed by atoms with Crippen molar-refractivity contribution in [1.82, 2.24) is 0 Å². The normalized spacial score (nSPS) is 10.7. The number of carboxylic acids is 1. The Kier molecular flexibility index (Phi) is 6.00. The quantitative estimate of drug-likeness (QED) is 0.444. The third-order valence-electron chi connectivity index (χ3n) is 3.02. The largest absolute Gasteiger partial charge is 0.546 e. The van der Waals surface area contributed by atoms with Gasteiger partial charge in [-0.25, -0.2) is 0 Å². The van der Waals surface area contributed by atoms with Gasteiger partial charge in [0.1, 0.15) is 12.4 Å². The van der Waals surface area contributed by atoms with Crippen LogP contribution in [0.25, 0.3) is 6.08 Å². The summed E-state index contributed by atoms with van der Waals surface area (Å²) in [5.74, 6) is -1.18. The first-order valence-corrected chi connectivity index (χ1v) is 8.10. The van der Waals surface area contributed by atoms with Crippen LogP contribution in [0.3, 0.4) is 0 Å². The molecule has 23 heavy (non-hydrogen) atoms. The van der Waals surface area contributed by atoms with Gasteiger partial charge in [-0.15, -0.1) is 11.8 Å². The van der Waals surface area contributed by atoms with E-state index in [9.17, 15) is 14.7 Å². The van der Waals surface area contributed by atoms with E-state index in [1.54, 1.807) is 36.0 Å². The SMILES string of the molecule is CSc1ccc(/C=C/C(=O)c2cccc(OCC(=O)[O-])c2)cc1. The zero-order chi connectivity index (χ0) is 16.7. The zero-order valence-corrected chi connectivity index (χ0v) is 13.3. The van der Waals surface area contributed by atoms with Crippen LogP contribution in [0.5, 0.6) is 5.75 Å². The maximum Gasteiger partial charge on any atom is 0.185 e. The molecule has 0 aromatic heterocycles. The Hall–Kier alpha value is -2.53. The first-order chi connectivity index (χ1) is 11.1. The Bertz CT molecular complexity index is 720. The van der Waals surface area contributed by atoms with Gasteiger partial charge in [-0.05, 0) is 42.2 Å². The summed E-state index contributed by atoms with van der Waals surface area (Å²) in [7, 11) is 0. The van der Waals surface area contributed by atoms with E-state index < -0.39 is 12.6 Å². The van der Waals surface area contributed by atoms with Crippen LogP contribution < -0.4 is 9.84 Å². The molecule has 0 unspecified atom stereocenters. The van der Waals surface area contributed by atoms with Crippen LogP contribution in [0.4, 0.5) is 0 Å². The average Bonchev–Trinajstić information content (AvgIpc) is 2.58. The topological polar surface area (TPSA) is 66.4 Å². The molecular weight excluding hydrogens is 312 g/mol. The lowest BCUT2D eigenvalue weighted by Crippen LogP contribution is -2.28. The van der Waals surface area contributed by atoms with E-state index in [0.717, 1.165) is 10.5 Å². The van der Waals surface area contributed by atoms with Crippen LogP contribution >= 0.6 is 11.8 Å². The smallest absolute Gasteiger partial charge is 0.185 e. The summed E-state index contributed by atoms with van der Waals surface area (Å²) in [5, 5.41) is 10.4. The number of hydrogen-bond donors (Lipinski definition) is 0. The number of benzene rings is 2. The third-order valence-corrected chi connectivity index (χ3v) is 3.76. The van der Waals surface area contributed by atoms with Crippen molar-refractivity contribution in [3.05, 3.63) is 65.7 Å². The highest BCUT2D eigenvalue weighted by molar-refractivity contribution is 7.98. The second-order valence-corrected chi connectivity index (χ2v) is 5.54. The van der Waals surface area contributed by atoms with Crippen molar-refractivity contribution in [2.24, 2.45) is 0 Å². The average molecular weight is 327 g/mol. The zero-order valence-electron chi connectivity index (χ0n) is 12.5. The second-order valence-electron chi connectivity index (χ2n) is 4.66. The van der Waals surface area contributed by atoms with Gasteiger partial charge in [0.05, 0.1) is 5.97 Å². The van der Waals surface area contributed by atoms with Gasteiger partial charge in [0, 0.05) is 10.5 Å². The van der Waals surface area contributed by atoms with E-state index in [4.69, 9.17) is 4.74 Å². The van der Waals surface area contributed by atoms with Crippen LogP contribution in [-0.2, 0) is 4.79 Å². The highest BCUT2D eigenvalue weighted by Crippen LogP contribution is 2.17. The molecule has 2 aromatic carbocycles. The fourth-order valence-corrected chi connectivity index (χ4v) is 2.27. The Morgan fingerprint density at radius 2 is 1.91 bits per heavy atom. The molecule has 0 saturated carbocycles. The van der Waals surface area contributed by atoms with Crippen LogP contribution in [0.1, 0.15) is 15.9 Å². The lowest BCUT2D eigenvalue weighted by molar-refractivity contribution is -0.307. The van der Waals surface area contributed by atoms with E-state index in [1.165, 1.54) is 12.1 Å². The summed E-state index contributed by atoms with van der Waals surface area (Å²) >= 11 is 1.66. The molecule has 118 valence electrons. The minimum atomic E-state index is -1.31. The first kappa shape index (κ1) is 16.8. The van der Waals surface area contributed by atoms with E-state index in [-0.39, 0.29) is 5.78 Å². The molecule has 4 nitrogen and oxygen atoms in total. The highest BCUT2D eigenvalue weighted by atomic mass is 32.2. The molecule has 0 aliphatic heterocycles. The number of thioether (sulfide) groups is 1. The summed E-state index contributed by atoms with van der Waals surface area (Å²) in [6, 6.07) is 14.2. The number of ether oxygens (including phenoxy) is 1. The monoisotopic (exact) mass is 327 g/mol. The molecule has 0 atom stereocenters. The van der Waals surface area contributed by atoms with Crippen molar-refractivity contribution in [2.75, 3.05) is 12.9 Å². The van der Waals surface area contributed by atoms with Gasteiger partial charge in [0.2, 0.25) is 0 Å². The van der Waals surface area contributed by atoms with Crippen molar-refractivity contribution in [2.45, 2.75) is 4.90 Å². The Morgan fingerprint density at radius 1 is 1.17 bits per heavy atom. The molecule has 5 heteroatoms. The molecule has 0 aliphatic rings. The molecule has 0 fully saturated rings. The molecule has 0 aliphatic carbocycles. The molecule has 0 saturated heterocycles. The third kappa shape index (κ3) is 5.30. The Balaban J connectivity index is 2.05. The molecular formula is C18H15O4S-. The van der Waals surface area contributed by atoms with Crippen LogP contribution in [0.2, 0.25) is 0 Å². The fraction of sp³-hybridized carbons (Fsp3) is 0.111. The number of carbonyl (C=O) groups is 2. The Labute approximate surface area is 138 Å². The minimum Gasteiger partial charge on any atom is -0.546 e. The summed E-state index contributed by atoms with van der Waals surface area (Å²) in [6.45, 7) is -0.546. The summed E-state index contributed by atoms with van der Waals surface area (Å²) in [5.41, 5.74) is 1.36. The lowest BCUT2D eigenvalue weighted by Gasteiger charge is -2.07. The maximum atomic E-state index is 12.2. The highest BCUT2D eigenvalue weighted by Gasteiger charge is 2.04. The van der Waals surface area contributed by atoms with Crippen molar-refractivity contribution in [3.63, 3.8) is 0 Å². The van der Waals surface area contributed by atoms with Crippen LogP contribution in [0.15, 0.2) is 59.5 Å². The second kappa shape index (κ2) is 8.19. The molecule has 2 rings (SSSR count). The summed E-state index contributed by atoms with van der Waals surface area (Å²) in [4.78, 5) is 23.7. The van der Waals surface area contributed by atoms with E-state index in [0.29, 0.717) is 11.3 Å². The minimum absolute atomic E-state index is 0.183. The van der Waals surface area contributed by atoms with Crippen LogP contribution in [-0.4, -0.2) is 24.6 Å². The van der Waals surface area contributed by atoms with Crippen molar-refractivity contribution in [1.29, 1.82) is 0 Å². The van der Waals surface area contributed by atoms with Gasteiger partial charge in [0.15, 0.2) is 5.78 Å². The Morgan fingerprint density at radius 3 is 2.57 bits per heavy atom. The van der Waals surface area contributed by atoms with Gasteiger partial charge in [-0.3, -0.25) is 4.79 Å². The predicted molar refractivity (Wildman–Crippen MR) is 88.5 cm³/mol. The number of carbonyl (C=O) groups excluding carboxylic acids is 2. The van der Waals surface area contributed by atoms with Gasteiger partial charge in [0.25, 0.3) is 0 Å². The summed E-state index contributed by atoms with van der Waals surface area (Å²) in [6.07, 6.45) is 5.22. The van der Waals surface area contributed by atoms with Gasteiger partial charge in [-0.1, -0.05) is 30.3 Å². The molecule has 0 radical (unpaired) electrons. The molecule has 0 N–H and O–H groups in total. The number of carboxylic acid groups (broad SMARTS) is 1. The molecule has 0 bridgehead atoms. The van der Waals surface area contributed by atoms with E-state index in [2.05, 4.69) is 0 Å².